The van der Waals surface area contributed by atoms with Crippen molar-refractivity contribution >= 4 is 5.91 Å². The normalized spacial score (nSPS) is 28.6. The number of rotatable bonds is 2. The van der Waals surface area contributed by atoms with Gasteiger partial charge in [0.05, 0.1) is 0 Å². The van der Waals surface area contributed by atoms with E-state index in [1.807, 2.05) is 4.90 Å². The Morgan fingerprint density at radius 2 is 2.29 bits per heavy atom. The first-order chi connectivity index (χ1) is 6.75. The largest absolute Gasteiger partial charge is 0.340 e. The van der Waals surface area contributed by atoms with Crippen LogP contribution in [0.2, 0.25) is 0 Å². The molecule has 0 radical (unpaired) electrons. The van der Waals surface area contributed by atoms with Crippen molar-refractivity contribution in [1.29, 1.82) is 0 Å². The molecule has 0 bridgehead atoms. The summed E-state index contributed by atoms with van der Waals surface area (Å²) < 4.78 is 0. The van der Waals surface area contributed by atoms with Crippen LogP contribution in [0.4, 0.5) is 0 Å². The Balaban J connectivity index is 1.77. The van der Waals surface area contributed by atoms with Gasteiger partial charge in [0, 0.05) is 32.1 Å². The third kappa shape index (κ3) is 2.27. The summed E-state index contributed by atoms with van der Waals surface area (Å²) in [5.41, 5.74) is 0. The van der Waals surface area contributed by atoms with Gasteiger partial charge < -0.3 is 10.2 Å². The molecule has 1 N–H and O–H groups in total. The molecule has 1 saturated carbocycles. The number of nitrogens with one attached hydrogen (secondary N) is 1. The fourth-order valence-corrected chi connectivity index (χ4v) is 2.23. The second kappa shape index (κ2) is 4.30. The number of piperazine rings is 1. The Kier molecular flexibility index (Phi) is 3.06. The Labute approximate surface area is 85.8 Å². The van der Waals surface area contributed by atoms with Crippen molar-refractivity contribution in [3.05, 3.63) is 0 Å². The molecule has 1 heterocycles. The molecule has 2 fully saturated rings. The maximum absolute atomic E-state index is 11.8. The molecule has 2 rings (SSSR count). The van der Waals surface area contributed by atoms with Gasteiger partial charge in [-0.2, -0.15) is 0 Å². The molecule has 80 valence electrons. The zero-order chi connectivity index (χ0) is 9.97. The molecule has 2 aliphatic rings. The first kappa shape index (κ1) is 9.97. The maximum atomic E-state index is 11.8. The summed E-state index contributed by atoms with van der Waals surface area (Å²) in [6, 6.07) is 0.467. The summed E-state index contributed by atoms with van der Waals surface area (Å²) in [6.45, 7) is 4.89. The van der Waals surface area contributed by atoms with E-state index in [0.29, 0.717) is 17.9 Å². The monoisotopic (exact) mass is 196 g/mol. The zero-order valence-electron chi connectivity index (χ0n) is 8.96. The van der Waals surface area contributed by atoms with E-state index < -0.39 is 0 Å². The van der Waals surface area contributed by atoms with Crippen molar-refractivity contribution in [2.45, 2.75) is 38.6 Å². The van der Waals surface area contributed by atoms with E-state index in [2.05, 4.69) is 12.2 Å². The second-order valence-corrected chi connectivity index (χ2v) is 4.70. The number of amides is 1. The van der Waals surface area contributed by atoms with Gasteiger partial charge in [0.1, 0.15) is 0 Å². The molecule has 0 aromatic rings. The summed E-state index contributed by atoms with van der Waals surface area (Å²) in [4.78, 5) is 13.9. The molecule has 0 aromatic carbocycles. The van der Waals surface area contributed by atoms with Crippen molar-refractivity contribution in [3.8, 4) is 0 Å². The summed E-state index contributed by atoms with van der Waals surface area (Å²) in [7, 11) is 0. The molecule has 1 unspecified atom stereocenters. The number of hydrogen-bond donors (Lipinski definition) is 1. The van der Waals surface area contributed by atoms with E-state index in [4.69, 9.17) is 0 Å². The molecule has 1 saturated heterocycles. The summed E-state index contributed by atoms with van der Waals surface area (Å²) in [5, 5.41) is 3.35. The second-order valence-electron chi connectivity index (χ2n) is 4.70. The van der Waals surface area contributed by atoms with E-state index >= 15 is 0 Å². The lowest BCUT2D eigenvalue weighted by Gasteiger charge is -2.34. The van der Waals surface area contributed by atoms with Crippen LogP contribution in [-0.2, 0) is 4.79 Å². The molecule has 14 heavy (non-hydrogen) atoms. The molecule has 1 aliphatic heterocycles. The highest BCUT2D eigenvalue weighted by Crippen LogP contribution is 2.29. The SMILES string of the molecule is CC1CN(C(=O)CC2CCC2)CCN1. The Morgan fingerprint density at radius 3 is 2.86 bits per heavy atom. The van der Waals surface area contributed by atoms with Gasteiger partial charge in [-0.15, -0.1) is 0 Å². The van der Waals surface area contributed by atoms with Crippen molar-refractivity contribution in [3.63, 3.8) is 0 Å². The Bertz CT molecular complexity index is 213. The standard InChI is InChI=1S/C11H20N2O/c1-9-8-13(6-5-12-9)11(14)7-10-3-2-4-10/h9-10,12H,2-8H2,1H3. The summed E-state index contributed by atoms with van der Waals surface area (Å²) in [6.07, 6.45) is 4.67. The molecule has 1 aliphatic carbocycles. The smallest absolute Gasteiger partial charge is 0.222 e. The van der Waals surface area contributed by atoms with Crippen LogP contribution in [0, 0.1) is 5.92 Å². The molecule has 1 atom stereocenters. The minimum Gasteiger partial charge on any atom is -0.340 e. The maximum Gasteiger partial charge on any atom is 0.222 e. The molecular weight excluding hydrogens is 176 g/mol. The van der Waals surface area contributed by atoms with Crippen LogP contribution in [-0.4, -0.2) is 36.5 Å². The molecule has 3 nitrogen and oxygen atoms in total. The Morgan fingerprint density at radius 1 is 1.50 bits per heavy atom. The van der Waals surface area contributed by atoms with Gasteiger partial charge in [0.15, 0.2) is 0 Å². The van der Waals surface area contributed by atoms with Gasteiger partial charge in [-0.25, -0.2) is 0 Å². The van der Waals surface area contributed by atoms with Crippen LogP contribution in [0.5, 0.6) is 0 Å². The fourth-order valence-electron chi connectivity index (χ4n) is 2.23. The topological polar surface area (TPSA) is 32.3 Å². The van der Waals surface area contributed by atoms with Crippen molar-refractivity contribution in [2.24, 2.45) is 5.92 Å². The van der Waals surface area contributed by atoms with Crippen molar-refractivity contribution in [2.75, 3.05) is 19.6 Å². The van der Waals surface area contributed by atoms with Crippen LogP contribution >= 0.6 is 0 Å². The molecule has 1 amide bonds. The summed E-state index contributed by atoms with van der Waals surface area (Å²) >= 11 is 0. The van der Waals surface area contributed by atoms with Crippen LogP contribution in [0.25, 0.3) is 0 Å². The number of nitrogens with zero attached hydrogens (tertiary/aromatic N) is 1. The first-order valence-corrected chi connectivity index (χ1v) is 5.77. The molecule has 0 spiro atoms. The lowest BCUT2D eigenvalue weighted by molar-refractivity contribution is -0.133. The van der Waals surface area contributed by atoms with E-state index in [1.54, 1.807) is 0 Å². The third-order valence-corrected chi connectivity index (χ3v) is 3.41. The van der Waals surface area contributed by atoms with E-state index in [-0.39, 0.29) is 0 Å². The molecular formula is C11H20N2O. The third-order valence-electron chi connectivity index (χ3n) is 3.41. The highest BCUT2D eigenvalue weighted by Gasteiger charge is 2.25. The van der Waals surface area contributed by atoms with Crippen molar-refractivity contribution < 1.29 is 4.79 Å². The van der Waals surface area contributed by atoms with E-state index in [0.717, 1.165) is 26.1 Å². The quantitative estimate of drug-likeness (QED) is 0.714. The molecule has 0 aromatic heterocycles. The number of carbonyl (C=O) groups excluding carboxylic acids is 1. The Hall–Kier alpha value is -0.570. The highest BCUT2D eigenvalue weighted by molar-refractivity contribution is 5.76. The van der Waals surface area contributed by atoms with Gasteiger partial charge in [-0.3, -0.25) is 4.79 Å². The lowest BCUT2D eigenvalue weighted by Crippen LogP contribution is -2.51. The average Bonchev–Trinajstić information content (AvgIpc) is 2.11. The minimum atomic E-state index is 0.378. The average molecular weight is 196 g/mol. The minimum absolute atomic E-state index is 0.378. The van der Waals surface area contributed by atoms with Gasteiger partial charge >= 0.3 is 0 Å². The predicted octanol–water partition coefficient (Wildman–Crippen LogP) is 0.997. The highest BCUT2D eigenvalue weighted by atomic mass is 16.2. The summed E-state index contributed by atoms with van der Waals surface area (Å²) in [5.74, 6) is 1.08. The van der Waals surface area contributed by atoms with Crippen LogP contribution in [0.3, 0.4) is 0 Å². The van der Waals surface area contributed by atoms with E-state index in [1.165, 1.54) is 19.3 Å². The van der Waals surface area contributed by atoms with E-state index in [9.17, 15) is 4.79 Å². The number of carbonyl (C=O) groups is 1. The van der Waals surface area contributed by atoms with Crippen molar-refractivity contribution in [1.82, 2.24) is 10.2 Å². The van der Waals surface area contributed by atoms with Gasteiger partial charge in [-0.05, 0) is 25.7 Å². The van der Waals surface area contributed by atoms with Crippen LogP contribution in [0.1, 0.15) is 32.6 Å². The lowest BCUT2D eigenvalue weighted by atomic mass is 9.82. The number of hydrogen-bond acceptors (Lipinski definition) is 2. The first-order valence-electron chi connectivity index (χ1n) is 5.77. The van der Waals surface area contributed by atoms with Gasteiger partial charge in [0.2, 0.25) is 5.91 Å². The fraction of sp³-hybridized carbons (Fsp3) is 0.909. The zero-order valence-corrected chi connectivity index (χ0v) is 8.96. The van der Waals surface area contributed by atoms with Gasteiger partial charge in [0.25, 0.3) is 0 Å². The van der Waals surface area contributed by atoms with Crippen LogP contribution < -0.4 is 5.32 Å². The van der Waals surface area contributed by atoms with Crippen LogP contribution in [0.15, 0.2) is 0 Å². The van der Waals surface area contributed by atoms with Gasteiger partial charge in [-0.1, -0.05) is 6.42 Å². The molecule has 3 heteroatoms. The predicted molar refractivity (Wildman–Crippen MR) is 56.0 cm³/mol.